The largest absolute Gasteiger partial charge is 0.358 e. The molecular weight excluding hydrogens is 228 g/mol. The van der Waals surface area contributed by atoms with Crippen molar-refractivity contribution in [1.82, 2.24) is 10.6 Å². The molecule has 0 aliphatic rings. The zero-order valence-corrected chi connectivity index (χ0v) is 9.89. The van der Waals surface area contributed by atoms with E-state index in [2.05, 4.69) is 10.6 Å². The van der Waals surface area contributed by atoms with Crippen molar-refractivity contribution in [3.05, 3.63) is 34.3 Å². The van der Waals surface area contributed by atoms with E-state index in [-0.39, 0.29) is 18.4 Å². The van der Waals surface area contributed by atoms with Gasteiger partial charge in [-0.1, -0.05) is 17.7 Å². The Kier molecular flexibility index (Phi) is 4.31. The van der Waals surface area contributed by atoms with Crippen molar-refractivity contribution >= 4 is 23.4 Å². The molecule has 0 saturated carbocycles. The molecule has 0 aliphatic carbocycles. The second-order valence-corrected chi connectivity index (χ2v) is 3.68. The molecule has 0 aromatic heterocycles. The summed E-state index contributed by atoms with van der Waals surface area (Å²) in [5, 5.41) is 5.46. The Morgan fingerprint density at radius 2 is 2.06 bits per heavy atom. The van der Waals surface area contributed by atoms with E-state index < -0.39 is 0 Å². The Bertz CT molecular complexity index is 418. The van der Waals surface area contributed by atoms with E-state index in [0.717, 1.165) is 0 Å². The highest BCUT2D eigenvalue weighted by Gasteiger charge is 2.11. The fourth-order valence-electron chi connectivity index (χ4n) is 1.20. The van der Waals surface area contributed by atoms with Crippen molar-refractivity contribution in [1.29, 1.82) is 0 Å². The molecular formula is C11H13ClN2O2. The van der Waals surface area contributed by atoms with Gasteiger partial charge >= 0.3 is 0 Å². The summed E-state index contributed by atoms with van der Waals surface area (Å²) in [6.07, 6.45) is 0. The number of amides is 2. The lowest BCUT2D eigenvalue weighted by Gasteiger charge is -2.07. The third-order valence-electron chi connectivity index (χ3n) is 2.20. The number of carbonyl (C=O) groups is 2. The van der Waals surface area contributed by atoms with Crippen LogP contribution in [0.3, 0.4) is 0 Å². The lowest BCUT2D eigenvalue weighted by Crippen LogP contribution is -2.35. The molecule has 4 nitrogen and oxygen atoms in total. The molecule has 1 rings (SSSR count). The van der Waals surface area contributed by atoms with E-state index in [1.54, 1.807) is 25.1 Å². The van der Waals surface area contributed by atoms with Crippen molar-refractivity contribution in [2.75, 3.05) is 13.6 Å². The summed E-state index contributed by atoms with van der Waals surface area (Å²) in [7, 11) is 1.51. The van der Waals surface area contributed by atoms with Gasteiger partial charge in [-0.25, -0.2) is 0 Å². The monoisotopic (exact) mass is 240 g/mol. The van der Waals surface area contributed by atoms with Crippen molar-refractivity contribution in [3.8, 4) is 0 Å². The van der Waals surface area contributed by atoms with Crippen molar-refractivity contribution in [2.45, 2.75) is 6.92 Å². The average Bonchev–Trinajstić information content (AvgIpc) is 2.29. The number of nitrogens with one attached hydrogen (secondary N) is 2. The molecule has 0 radical (unpaired) electrons. The van der Waals surface area contributed by atoms with Gasteiger partial charge in [0.15, 0.2) is 0 Å². The summed E-state index contributed by atoms with van der Waals surface area (Å²) in [6.45, 7) is 1.72. The Morgan fingerprint density at radius 3 is 2.69 bits per heavy atom. The molecule has 0 saturated heterocycles. The van der Waals surface area contributed by atoms with Gasteiger partial charge in [-0.2, -0.15) is 0 Å². The first-order valence-electron chi connectivity index (χ1n) is 4.80. The predicted molar refractivity (Wildman–Crippen MR) is 62.6 cm³/mol. The number of rotatable bonds is 3. The maximum absolute atomic E-state index is 11.7. The number of benzene rings is 1. The molecule has 0 fully saturated rings. The first-order chi connectivity index (χ1) is 7.56. The van der Waals surface area contributed by atoms with Crippen LogP contribution < -0.4 is 10.6 Å². The van der Waals surface area contributed by atoms with Gasteiger partial charge in [-0.3, -0.25) is 9.59 Å². The summed E-state index contributed by atoms with van der Waals surface area (Å²) in [5.41, 5.74) is 1.19. The molecule has 0 atom stereocenters. The molecule has 1 aromatic rings. The summed E-state index contributed by atoms with van der Waals surface area (Å²) in [6, 6.07) is 5.08. The van der Waals surface area contributed by atoms with Crippen LogP contribution in [0.1, 0.15) is 15.9 Å². The second-order valence-electron chi connectivity index (χ2n) is 3.27. The Labute approximate surface area is 99.0 Å². The van der Waals surface area contributed by atoms with E-state index in [0.29, 0.717) is 16.1 Å². The topological polar surface area (TPSA) is 58.2 Å². The predicted octanol–water partition coefficient (Wildman–Crippen LogP) is 1.12. The van der Waals surface area contributed by atoms with Gasteiger partial charge in [-0.15, -0.1) is 0 Å². The molecule has 0 heterocycles. The van der Waals surface area contributed by atoms with Crippen LogP contribution in [0.4, 0.5) is 0 Å². The van der Waals surface area contributed by atoms with Gasteiger partial charge < -0.3 is 10.6 Å². The molecule has 86 valence electrons. The standard InChI is InChI=1S/C11H13ClN2O2/c1-7-8(4-3-5-9(7)12)11(16)14-6-10(15)13-2/h3-5H,6H2,1-2H3,(H,13,15)(H,14,16). The van der Waals surface area contributed by atoms with Gasteiger partial charge in [0, 0.05) is 17.6 Å². The highest BCUT2D eigenvalue weighted by atomic mass is 35.5. The fraction of sp³-hybridized carbons (Fsp3) is 0.273. The van der Waals surface area contributed by atoms with Crippen LogP contribution in [0.15, 0.2) is 18.2 Å². The molecule has 0 bridgehead atoms. The van der Waals surface area contributed by atoms with Crippen LogP contribution in [-0.2, 0) is 4.79 Å². The molecule has 0 spiro atoms. The molecule has 2 N–H and O–H groups in total. The number of halogens is 1. The lowest BCUT2D eigenvalue weighted by molar-refractivity contribution is -0.119. The van der Waals surface area contributed by atoms with Crippen molar-refractivity contribution in [2.24, 2.45) is 0 Å². The first-order valence-corrected chi connectivity index (χ1v) is 5.18. The number of carbonyl (C=O) groups excluding carboxylic acids is 2. The van der Waals surface area contributed by atoms with Gasteiger partial charge in [0.05, 0.1) is 6.54 Å². The van der Waals surface area contributed by atoms with Crippen LogP contribution >= 0.6 is 11.6 Å². The maximum Gasteiger partial charge on any atom is 0.252 e. The molecule has 1 aromatic carbocycles. The Hall–Kier alpha value is -1.55. The summed E-state index contributed by atoms with van der Waals surface area (Å²) in [4.78, 5) is 22.6. The SMILES string of the molecule is CNC(=O)CNC(=O)c1cccc(Cl)c1C. The Balaban J connectivity index is 2.74. The number of likely N-dealkylation sites (N-methyl/N-ethyl adjacent to an activating group) is 1. The third kappa shape index (κ3) is 2.97. The fourth-order valence-corrected chi connectivity index (χ4v) is 1.37. The van der Waals surface area contributed by atoms with Crippen molar-refractivity contribution < 1.29 is 9.59 Å². The van der Waals surface area contributed by atoms with E-state index in [9.17, 15) is 9.59 Å². The smallest absolute Gasteiger partial charge is 0.252 e. The highest BCUT2D eigenvalue weighted by molar-refractivity contribution is 6.31. The summed E-state index contributed by atoms with van der Waals surface area (Å²) in [5.74, 6) is -0.545. The lowest BCUT2D eigenvalue weighted by atomic mass is 10.1. The van der Waals surface area contributed by atoms with E-state index in [1.165, 1.54) is 7.05 Å². The van der Waals surface area contributed by atoms with Crippen LogP contribution in [0.2, 0.25) is 5.02 Å². The molecule has 16 heavy (non-hydrogen) atoms. The van der Waals surface area contributed by atoms with Crippen LogP contribution in [0, 0.1) is 6.92 Å². The van der Waals surface area contributed by atoms with Crippen LogP contribution in [0.5, 0.6) is 0 Å². The van der Waals surface area contributed by atoms with Gasteiger partial charge in [0.1, 0.15) is 0 Å². The molecule has 0 unspecified atom stereocenters. The second kappa shape index (κ2) is 5.51. The third-order valence-corrected chi connectivity index (χ3v) is 2.61. The first kappa shape index (κ1) is 12.5. The van der Waals surface area contributed by atoms with Crippen molar-refractivity contribution in [3.63, 3.8) is 0 Å². The minimum Gasteiger partial charge on any atom is -0.358 e. The number of hydrogen-bond donors (Lipinski definition) is 2. The minimum absolute atomic E-state index is 0.0404. The molecule has 5 heteroatoms. The zero-order valence-electron chi connectivity index (χ0n) is 9.13. The van der Waals surface area contributed by atoms with Crippen LogP contribution in [-0.4, -0.2) is 25.4 Å². The van der Waals surface area contributed by atoms with Gasteiger partial charge in [0.2, 0.25) is 5.91 Å². The maximum atomic E-state index is 11.7. The summed E-state index contributed by atoms with van der Waals surface area (Å²) >= 11 is 5.89. The molecule has 2 amide bonds. The van der Waals surface area contributed by atoms with E-state index in [1.807, 2.05) is 0 Å². The quantitative estimate of drug-likeness (QED) is 0.832. The number of hydrogen-bond acceptors (Lipinski definition) is 2. The molecule has 0 aliphatic heterocycles. The zero-order chi connectivity index (χ0) is 12.1. The van der Waals surface area contributed by atoms with Gasteiger partial charge in [0.25, 0.3) is 5.91 Å². The van der Waals surface area contributed by atoms with E-state index >= 15 is 0 Å². The minimum atomic E-state index is -0.302. The Morgan fingerprint density at radius 1 is 1.38 bits per heavy atom. The normalized spacial score (nSPS) is 9.69. The summed E-state index contributed by atoms with van der Waals surface area (Å²) < 4.78 is 0. The average molecular weight is 241 g/mol. The van der Waals surface area contributed by atoms with E-state index in [4.69, 9.17) is 11.6 Å². The highest BCUT2D eigenvalue weighted by Crippen LogP contribution is 2.18. The van der Waals surface area contributed by atoms with Gasteiger partial charge in [-0.05, 0) is 24.6 Å². The van der Waals surface area contributed by atoms with Crippen LogP contribution in [0.25, 0.3) is 0 Å².